The van der Waals surface area contributed by atoms with Gasteiger partial charge in [-0.3, -0.25) is 4.57 Å². The molecule has 0 radical (unpaired) electrons. The molecule has 1 aromatic carbocycles. The highest BCUT2D eigenvalue weighted by molar-refractivity contribution is 9.08. The molecule has 0 fully saturated rings. The summed E-state index contributed by atoms with van der Waals surface area (Å²) in [6.07, 6.45) is -0.949. The molecule has 0 atom stereocenters. The largest absolute Gasteiger partial charge is 0.337 e. The first-order valence-corrected chi connectivity index (χ1v) is 9.13. The number of alkyl halides is 3. The van der Waals surface area contributed by atoms with Crippen LogP contribution in [0.25, 0.3) is 0 Å². The molecule has 0 aromatic heterocycles. The fraction of sp³-hybridized carbons (Fsp3) is 0.538. The van der Waals surface area contributed by atoms with Crippen molar-refractivity contribution >= 4 is 23.5 Å². The second-order valence-electron chi connectivity index (χ2n) is 4.14. The summed E-state index contributed by atoms with van der Waals surface area (Å²) in [6.45, 7) is 3.31. The van der Waals surface area contributed by atoms with Gasteiger partial charge in [0.15, 0.2) is 0 Å². The summed E-state index contributed by atoms with van der Waals surface area (Å²) in [5.74, 6) is -3.26. The van der Waals surface area contributed by atoms with Crippen LogP contribution >= 0.6 is 23.5 Å². The van der Waals surface area contributed by atoms with Gasteiger partial charge in [-0.1, -0.05) is 40.2 Å². The van der Waals surface area contributed by atoms with E-state index in [0.717, 1.165) is 5.56 Å². The average molecular weight is 371 g/mol. The number of rotatable bonds is 8. The van der Waals surface area contributed by atoms with Gasteiger partial charge in [-0.2, -0.15) is 0 Å². The normalized spacial score (nSPS) is 12.7. The molecule has 0 aliphatic carbocycles. The second-order valence-corrected chi connectivity index (χ2v) is 6.75. The quantitative estimate of drug-likeness (QED) is 0.480. The highest BCUT2D eigenvalue weighted by Crippen LogP contribution is 2.53. The molecule has 0 aliphatic rings. The highest BCUT2D eigenvalue weighted by Gasteiger charge is 2.42. The van der Waals surface area contributed by atoms with E-state index >= 15 is 0 Å². The number of benzene rings is 1. The lowest BCUT2D eigenvalue weighted by atomic mass is 10.1. The molecule has 0 amide bonds. The monoisotopic (exact) mass is 370 g/mol. The molecule has 0 unspecified atom stereocenters. The third-order valence-electron chi connectivity index (χ3n) is 2.57. The van der Waals surface area contributed by atoms with Crippen LogP contribution in [0, 0.1) is 0 Å². The average Bonchev–Trinajstić information content (AvgIpc) is 2.38. The van der Waals surface area contributed by atoms with Gasteiger partial charge < -0.3 is 9.05 Å². The van der Waals surface area contributed by atoms with Crippen molar-refractivity contribution in [3.63, 3.8) is 0 Å². The van der Waals surface area contributed by atoms with Crippen molar-refractivity contribution in [2.45, 2.75) is 25.1 Å². The molecule has 0 N–H and O–H groups in total. The van der Waals surface area contributed by atoms with E-state index in [1.807, 2.05) is 0 Å². The van der Waals surface area contributed by atoms with Crippen LogP contribution in [0.5, 0.6) is 0 Å². The Bertz CT molecular complexity index is 455. The van der Waals surface area contributed by atoms with E-state index in [4.69, 9.17) is 9.05 Å². The molecule has 0 heterocycles. The predicted molar refractivity (Wildman–Crippen MR) is 78.7 cm³/mol. The minimum absolute atomic E-state index is 0.0654. The predicted octanol–water partition coefficient (Wildman–Crippen LogP) is 4.94. The summed E-state index contributed by atoms with van der Waals surface area (Å²) in [5.41, 5.74) is 0.698. The van der Waals surface area contributed by atoms with Crippen molar-refractivity contribution < 1.29 is 22.4 Å². The van der Waals surface area contributed by atoms with Crippen LogP contribution in [0.15, 0.2) is 24.3 Å². The standard InChI is InChI=1S/C13H18BrF2O3P/c1-3-18-20(17,19-4-2)10-13(15,16)12-7-5-11(9-14)6-8-12/h5-8H,3-4,9-10H2,1-2H3. The van der Waals surface area contributed by atoms with E-state index < -0.39 is 19.7 Å². The van der Waals surface area contributed by atoms with Crippen LogP contribution in [0.4, 0.5) is 8.78 Å². The lowest BCUT2D eigenvalue weighted by Gasteiger charge is -2.23. The lowest BCUT2D eigenvalue weighted by Crippen LogP contribution is -2.21. The number of hydrogen-bond acceptors (Lipinski definition) is 3. The molecule has 0 spiro atoms. The minimum Gasteiger partial charge on any atom is -0.309 e. The van der Waals surface area contributed by atoms with Gasteiger partial charge in [-0.05, 0) is 19.4 Å². The van der Waals surface area contributed by atoms with Crippen LogP contribution in [0.3, 0.4) is 0 Å². The van der Waals surface area contributed by atoms with Gasteiger partial charge >= 0.3 is 7.60 Å². The molecular weight excluding hydrogens is 353 g/mol. The zero-order valence-electron chi connectivity index (χ0n) is 11.4. The second kappa shape index (κ2) is 7.64. The Kier molecular flexibility index (Phi) is 6.79. The van der Waals surface area contributed by atoms with Crippen LogP contribution < -0.4 is 0 Å². The van der Waals surface area contributed by atoms with Crippen molar-refractivity contribution in [1.82, 2.24) is 0 Å². The summed E-state index contributed by atoms with van der Waals surface area (Å²) in [4.78, 5) is 0. The summed E-state index contributed by atoms with van der Waals surface area (Å²) in [7, 11) is -3.78. The first-order chi connectivity index (χ1) is 9.37. The Morgan fingerprint density at radius 1 is 1.15 bits per heavy atom. The van der Waals surface area contributed by atoms with E-state index in [-0.39, 0.29) is 18.8 Å². The van der Waals surface area contributed by atoms with Crippen molar-refractivity contribution in [3.8, 4) is 0 Å². The van der Waals surface area contributed by atoms with Crippen molar-refractivity contribution in [2.24, 2.45) is 0 Å². The van der Waals surface area contributed by atoms with Crippen molar-refractivity contribution in [3.05, 3.63) is 35.4 Å². The maximum atomic E-state index is 14.2. The summed E-state index contributed by atoms with van der Waals surface area (Å²) in [5, 5.41) is 0.592. The maximum Gasteiger partial charge on any atom is 0.337 e. The van der Waals surface area contributed by atoms with Crippen LogP contribution in [0.1, 0.15) is 25.0 Å². The van der Waals surface area contributed by atoms with Crippen molar-refractivity contribution in [1.29, 1.82) is 0 Å². The summed E-state index contributed by atoms with van der Waals surface area (Å²) in [6, 6.07) is 5.87. The minimum atomic E-state index is -3.78. The zero-order valence-corrected chi connectivity index (χ0v) is 13.9. The highest BCUT2D eigenvalue weighted by atomic mass is 79.9. The molecule has 1 rings (SSSR count). The Morgan fingerprint density at radius 2 is 1.65 bits per heavy atom. The van der Waals surface area contributed by atoms with E-state index in [2.05, 4.69) is 15.9 Å². The fourth-order valence-electron chi connectivity index (χ4n) is 1.69. The fourth-order valence-corrected chi connectivity index (χ4v) is 3.78. The third kappa shape index (κ3) is 4.92. The van der Waals surface area contributed by atoms with Crippen LogP contribution in [-0.2, 0) is 24.9 Å². The first-order valence-electron chi connectivity index (χ1n) is 6.28. The lowest BCUT2D eigenvalue weighted by molar-refractivity contribution is 0.0135. The third-order valence-corrected chi connectivity index (χ3v) is 5.31. The van der Waals surface area contributed by atoms with E-state index in [9.17, 15) is 13.3 Å². The molecule has 1 aromatic rings. The molecule has 0 aliphatic heterocycles. The van der Waals surface area contributed by atoms with Crippen LogP contribution in [0.2, 0.25) is 0 Å². The molecular formula is C13H18BrF2O3P. The molecule has 114 valence electrons. The zero-order chi connectivity index (χ0) is 15.2. The van der Waals surface area contributed by atoms with Gasteiger partial charge in [0.2, 0.25) is 0 Å². The van der Waals surface area contributed by atoms with E-state index in [1.54, 1.807) is 26.0 Å². The van der Waals surface area contributed by atoms with Gasteiger partial charge in [0.25, 0.3) is 5.92 Å². The van der Waals surface area contributed by atoms with Gasteiger partial charge in [0.05, 0.1) is 13.2 Å². The Morgan fingerprint density at radius 3 is 2.05 bits per heavy atom. The molecule has 3 nitrogen and oxygen atoms in total. The van der Waals surface area contributed by atoms with Gasteiger partial charge in [-0.15, -0.1) is 0 Å². The van der Waals surface area contributed by atoms with Gasteiger partial charge in [-0.25, -0.2) is 8.78 Å². The molecule has 0 saturated carbocycles. The first kappa shape index (κ1) is 17.8. The SMILES string of the molecule is CCOP(=O)(CC(F)(F)c1ccc(CBr)cc1)OCC. The maximum absolute atomic E-state index is 14.2. The molecule has 0 bridgehead atoms. The Balaban J connectivity index is 2.93. The Labute approximate surface area is 126 Å². The van der Waals surface area contributed by atoms with Crippen LogP contribution in [-0.4, -0.2) is 19.4 Å². The molecule has 20 heavy (non-hydrogen) atoms. The van der Waals surface area contributed by atoms with Gasteiger partial charge in [0, 0.05) is 10.9 Å². The number of halogens is 3. The van der Waals surface area contributed by atoms with E-state index in [0.29, 0.717) is 5.33 Å². The van der Waals surface area contributed by atoms with Crippen molar-refractivity contribution in [2.75, 3.05) is 19.4 Å². The summed E-state index contributed by atoms with van der Waals surface area (Å²) >= 11 is 3.25. The smallest absolute Gasteiger partial charge is 0.309 e. The Hall–Kier alpha value is -0.290. The topological polar surface area (TPSA) is 35.5 Å². The van der Waals surface area contributed by atoms with Gasteiger partial charge in [0.1, 0.15) is 6.16 Å². The van der Waals surface area contributed by atoms with E-state index in [1.165, 1.54) is 12.1 Å². The number of hydrogen-bond donors (Lipinski definition) is 0. The molecule has 7 heteroatoms. The molecule has 0 saturated heterocycles. The summed E-state index contributed by atoms with van der Waals surface area (Å²) < 4.78 is 50.4.